The summed E-state index contributed by atoms with van der Waals surface area (Å²) < 4.78 is 6.16. The molecule has 0 bridgehead atoms. The topological polar surface area (TPSA) is 101 Å². The van der Waals surface area contributed by atoms with Gasteiger partial charge >= 0.3 is 5.69 Å². The summed E-state index contributed by atoms with van der Waals surface area (Å²) in [7, 11) is 1.51. The molecule has 0 radical (unpaired) electrons. The SMILES string of the molecule is COc1ccc(Cn2cc(C#N)c(=O)[nH]c2=O)cn1. The normalized spacial score (nSPS) is 9.89. The monoisotopic (exact) mass is 258 g/mol. The van der Waals surface area contributed by atoms with Gasteiger partial charge in [-0.25, -0.2) is 9.78 Å². The molecule has 7 heteroatoms. The number of ether oxygens (including phenoxy) is 1. The minimum atomic E-state index is -0.684. The van der Waals surface area contributed by atoms with E-state index in [1.165, 1.54) is 17.9 Å². The fraction of sp³-hybridized carbons (Fsp3) is 0.167. The second kappa shape index (κ2) is 5.18. The lowest BCUT2D eigenvalue weighted by molar-refractivity contribution is 0.397. The fourth-order valence-electron chi connectivity index (χ4n) is 1.53. The van der Waals surface area contributed by atoms with Crippen molar-refractivity contribution >= 4 is 0 Å². The van der Waals surface area contributed by atoms with Gasteiger partial charge in [0.2, 0.25) is 5.88 Å². The second-order valence-corrected chi connectivity index (χ2v) is 3.75. The van der Waals surface area contributed by atoms with Gasteiger partial charge in [-0.2, -0.15) is 5.26 Å². The van der Waals surface area contributed by atoms with Crippen LogP contribution < -0.4 is 16.0 Å². The van der Waals surface area contributed by atoms with Crippen LogP contribution in [-0.4, -0.2) is 21.6 Å². The number of nitrogens with zero attached hydrogens (tertiary/aromatic N) is 3. The maximum Gasteiger partial charge on any atom is 0.328 e. The lowest BCUT2D eigenvalue weighted by Crippen LogP contribution is -2.31. The molecule has 0 aliphatic rings. The first-order valence-corrected chi connectivity index (χ1v) is 5.37. The van der Waals surface area contributed by atoms with E-state index < -0.39 is 11.2 Å². The van der Waals surface area contributed by atoms with Crippen LogP contribution in [0.5, 0.6) is 5.88 Å². The van der Waals surface area contributed by atoms with Crippen molar-refractivity contribution in [3.05, 3.63) is 56.5 Å². The van der Waals surface area contributed by atoms with Crippen molar-refractivity contribution in [3.63, 3.8) is 0 Å². The Bertz CT molecular complexity index is 737. The Morgan fingerprint density at radius 3 is 2.84 bits per heavy atom. The van der Waals surface area contributed by atoms with Gasteiger partial charge in [-0.1, -0.05) is 6.07 Å². The van der Waals surface area contributed by atoms with Gasteiger partial charge in [-0.05, 0) is 5.56 Å². The van der Waals surface area contributed by atoms with Crippen molar-refractivity contribution in [2.45, 2.75) is 6.54 Å². The summed E-state index contributed by atoms with van der Waals surface area (Å²) in [6.45, 7) is 0.210. The first kappa shape index (κ1) is 12.6. The Hall–Kier alpha value is -2.88. The van der Waals surface area contributed by atoms with Gasteiger partial charge in [-0.3, -0.25) is 14.3 Å². The Balaban J connectivity index is 2.35. The van der Waals surface area contributed by atoms with Crippen LogP contribution in [0.3, 0.4) is 0 Å². The fourth-order valence-corrected chi connectivity index (χ4v) is 1.53. The van der Waals surface area contributed by atoms with Crippen molar-refractivity contribution in [1.82, 2.24) is 14.5 Å². The van der Waals surface area contributed by atoms with Gasteiger partial charge in [0.1, 0.15) is 11.6 Å². The zero-order valence-corrected chi connectivity index (χ0v) is 10.1. The van der Waals surface area contributed by atoms with Crippen molar-refractivity contribution in [3.8, 4) is 11.9 Å². The highest BCUT2D eigenvalue weighted by molar-refractivity contribution is 5.23. The molecule has 0 amide bonds. The molecule has 0 aliphatic heterocycles. The number of methoxy groups -OCH3 is 1. The van der Waals surface area contributed by atoms with E-state index in [-0.39, 0.29) is 12.1 Å². The molecule has 0 saturated heterocycles. The third-order valence-corrected chi connectivity index (χ3v) is 2.49. The third kappa shape index (κ3) is 2.69. The average Bonchev–Trinajstić information content (AvgIpc) is 2.42. The van der Waals surface area contributed by atoms with E-state index in [9.17, 15) is 9.59 Å². The summed E-state index contributed by atoms with van der Waals surface area (Å²) in [6.07, 6.45) is 2.79. The number of hydrogen-bond acceptors (Lipinski definition) is 5. The van der Waals surface area contributed by atoms with Gasteiger partial charge < -0.3 is 4.74 Å². The zero-order valence-electron chi connectivity index (χ0n) is 10.1. The summed E-state index contributed by atoms with van der Waals surface area (Å²) in [5, 5.41) is 8.75. The van der Waals surface area contributed by atoms with E-state index in [1.54, 1.807) is 24.4 Å². The minimum Gasteiger partial charge on any atom is -0.481 e. The molecule has 19 heavy (non-hydrogen) atoms. The first-order chi connectivity index (χ1) is 9.13. The van der Waals surface area contributed by atoms with Gasteiger partial charge in [0, 0.05) is 18.5 Å². The highest BCUT2D eigenvalue weighted by Crippen LogP contribution is 2.07. The average molecular weight is 258 g/mol. The predicted molar refractivity (Wildman–Crippen MR) is 65.9 cm³/mol. The minimum absolute atomic E-state index is 0.110. The van der Waals surface area contributed by atoms with Gasteiger partial charge in [0.05, 0.1) is 13.7 Å². The second-order valence-electron chi connectivity index (χ2n) is 3.75. The summed E-state index contributed by atoms with van der Waals surface area (Å²) in [5.74, 6) is 0.468. The van der Waals surface area contributed by atoms with E-state index in [1.807, 2.05) is 0 Å². The van der Waals surface area contributed by atoms with Gasteiger partial charge in [0.25, 0.3) is 5.56 Å². The van der Waals surface area contributed by atoms with E-state index in [2.05, 4.69) is 9.97 Å². The van der Waals surface area contributed by atoms with Crippen molar-refractivity contribution < 1.29 is 4.74 Å². The lowest BCUT2D eigenvalue weighted by atomic mass is 10.3. The molecule has 2 heterocycles. The van der Waals surface area contributed by atoms with E-state index in [0.717, 1.165) is 5.56 Å². The number of aromatic nitrogens is 3. The van der Waals surface area contributed by atoms with Crippen molar-refractivity contribution in [2.24, 2.45) is 0 Å². The van der Waals surface area contributed by atoms with Gasteiger partial charge in [0.15, 0.2) is 0 Å². The molecule has 0 aliphatic carbocycles. The molecule has 0 fully saturated rings. The smallest absolute Gasteiger partial charge is 0.328 e. The number of hydrogen-bond donors (Lipinski definition) is 1. The van der Waals surface area contributed by atoms with Crippen LogP contribution in [0.15, 0.2) is 34.1 Å². The standard InChI is InChI=1S/C12H10N4O3/c1-19-10-3-2-8(5-14-10)6-16-7-9(4-13)11(17)15-12(16)18/h2-3,5,7H,6H2,1H3,(H,15,17,18). The number of pyridine rings is 1. The molecular formula is C12H10N4O3. The van der Waals surface area contributed by atoms with Crippen LogP contribution in [-0.2, 0) is 6.54 Å². The molecule has 1 N–H and O–H groups in total. The maximum absolute atomic E-state index is 11.6. The number of H-pyrrole nitrogens is 1. The lowest BCUT2D eigenvalue weighted by Gasteiger charge is -2.05. The van der Waals surface area contributed by atoms with Crippen LogP contribution in [0, 0.1) is 11.3 Å². The highest BCUT2D eigenvalue weighted by atomic mass is 16.5. The van der Waals surface area contributed by atoms with Crippen LogP contribution in [0.2, 0.25) is 0 Å². The predicted octanol–water partition coefficient (Wildman–Crippen LogP) is -0.140. The van der Waals surface area contributed by atoms with Crippen LogP contribution in [0.1, 0.15) is 11.1 Å². The number of aromatic amines is 1. The molecule has 2 aromatic rings. The summed E-state index contributed by atoms with van der Waals surface area (Å²) in [5.41, 5.74) is -0.615. The van der Waals surface area contributed by atoms with E-state index in [0.29, 0.717) is 5.88 Å². The number of nitrogens with one attached hydrogen (secondary N) is 1. The van der Waals surface area contributed by atoms with Gasteiger partial charge in [-0.15, -0.1) is 0 Å². The molecule has 0 unspecified atom stereocenters. The number of rotatable bonds is 3. The van der Waals surface area contributed by atoms with Crippen LogP contribution in [0.25, 0.3) is 0 Å². The zero-order chi connectivity index (χ0) is 13.8. The molecule has 2 aromatic heterocycles. The quantitative estimate of drug-likeness (QED) is 0.825. The third-order valence-electron chi connectivity index (χ3n) is 2.49. The summed E-state index contributed by atoms with van der Waals surface area (Å²) >= 11 is 0. The maximum atomic E-state index is 11.6. The van der Waals surface area contributed by atoms with Crippen molar-refractivity contribution in [2.75, 3.05) is 7.11 Å². The molecular weight excluding hydrogens is 248 g/mol. The summed E-state index contributed by atoms with van der Waals surface area (Å²) in [6, 6.07) is 5.14. The molecule has 2 rings (SSSR count). The molecule has 7 nitrogen and oxygen atoms in total. The molecule has 0 saturated carbocycles. The molecule has 0 aromatic carbocycles. The summed E-state index contributed by atoms with van der Waals surface area (Å²) in [4.78, 5) is 28.9. The van der Waals surface area contributed by atoms with E-state index >= 15 is 0 Å². The molecule has 0 atom stereocenters. The van der Waals surface area contributed by atoms with E-state index in [4.69, 9.17) is 10.00 Å². The van der Waals surface area contributed by atoms with Crippen molar-refractivity contribution in [1.29, 1.82) is 5.26 Å². The van der Waals surface area contributed by atoms with Crippen LogP contribution >= 0.6 is 0 Å². The first-order valence-electron chi connectivity index (χ1n) is 5.37. The molecule has 96 valence electrons. The Kier molecular flexibility index (Phi) is 3.43. The highest BCUT2D eigenvalue weighted by Gasteiger charge is 2.05. The number of nitriles is 1. The Morgan fingerprint density at radius 1 is 1.47 bits per heavy atom. The Labute approximate surface area is 107 Å². The van der Waals surface area contributed by atoms with Crippen LogP contribution in [0.4, 0.5) is 0 Å². The Morgan fingerprint density at radius 2 is 2.26 bits per heavy atom. The largest absolute Gasteiger partial charge is 0.481 e. The molecule has 0 spiro atoms.